The van der Waals surface area contributed by atoms with Crippen LogP contribution in [0.2, 0.25) is 0 Å². The van der Waals surface area contributed by atoms with Crippen molar-refractivity contribution < 1.29 is 0 Å². The molecule has 0 unspecified atom stereocenters. The number of aromatic nitrogens is 4. The van der Waals surface area contributed by atoms with Crippen molar-refractivity contribution in [2.45, 2.75) is 0 Å². The summed E-state index contributed by atoms with van der Waals surface area (Å²) in [6.45, 7) is 0. The molecule has 0 saturated heterocycles. The van der Waals surface area contributed by atoms with Crippen LogP contribution < -0.4 is 0 Å². The third-order valence-corrected chi connectivity index (χ3v) is 9.94. The van der Waals surface area contributed by atoms with Crippen molar-refractivity contribution in [3.63, 3.8) is 0 Å². The molecular formula is C47H30N4. The largest absolute Gasteiger partial charge is 0.263 e. The van der Waals surface area contributed by atoms with Crippen molar-refractivity contribution in [2.75, 3.05) is 0 Å². The van der Waals surface area contributed by atoms with E-state index in [1.807, 2.05) is 24.5 Å². The summed E-state index contributed by atoms with van der Waals surface area (Å²) in [6, 6.07) is 60.3. The molecule has 0 amide bonds. The van der Waals surface area contributed by atoms with E-state index in [2.05, 4.69) is 163 Å². The molecule has 0 atom stereocenters. The van der Waals surface area contributed by atoms with E-state index in [1.54, 1.807) is 4.80 Å². The van der Waals surface area contributed by atoms with Gasteiger partial charge in [0, 0.05) is 23.3 Å². The second kappa shape index (κ2) is 11.9. The van der Waals surface area contributed by atoms with E-state index >= 15 is 0 Å². The van der Waals surface area contributed by atoms with Crippen LogP contribution in [0.15, 0.2) is 182 Å². The molecule has 238 valence electrons. The maximum atomic E-state index is 4.89. The standard InChI is InChI=1S/C47H30N4/c1-3-11-32(12-4-1)46-39-17-9-10-18-40(39)47(33-13-5-2-6-14-33)42-27-34(21-25-41(42)46)31-19-23-37(24-20-31)51-49-44-26-22-35(28-45(44)50-51)43-30-48-29-36-15-7-8-16-38(36)43/h1-30H. The molecule has 4 nitrogen and oxygen atoms in total. The van der Waals surface area contributed by atoms with Gasteiger partial charge >= 0.3 is 0 Å². The van der Waals surface area contributed by atoms with Crippen LogP contribution in [0.1, 0.15) is 0 Å². The molecule has 51 heavy (non-hydrogen) atoms. The number of pyridine rings is 1. The minimum absolute atomic E-state index is 0.842. The number of rotatable bonds is 5. The first kappa shape index (κ1) is 29.0. The maximum absolute atomic E-state index is 4.89. The molecule has 0 aliphatic carbocycles. The Morgan fingerprint density at radius 3 is 1.65 bits per heavy atom. The van der Waals surface area contributed by atoms with E-state index < -0.39 is 0 Å². The topological polar surface area (TPSA) is 43.6 Å². The summed E-state index contributed by atoms with van der Waals surface area (Å²) in [4.78, 5) is 6.21. The Balaban J connectivity index is 1.07. The Bertz CT molecular complexity index is 2890. The third kappa shape index (κ3) is 4.96. The number of benzene rings is 8. The first-order valence-corrected chi connectivity index (χ1v) is 17.2. The van der Waals surface area contributed by atoms with Crippen LogP contribution in [-0.2, 0) is 0 Å². The fraction of sp³-hybridized carbons (Fsp3) is 0. The van der Waals surface area contributed by atoms with Gasteiger partial charge in [-0.3, -0.25) is 4.98 Å². The molecule has 0 radical (unpaired) electrons. The van der Waals surface area contributed by atoms with Crippen molar-refractivity contribution >= 4 is 43.4 Å². The van der Waals surface area contributed by atoms with Crippen molar-refractivity contribution in [2.24, 2.45) is 0 Å². The Hall–Kier alpha value is -6.91. The highest BCUT2D eigenvalue weighted by Gasteiger charge is 2.17. The highest BCUT2D eigenvalue weighted by molar-refractivity contribution is 6.22. The molecule has 0 bridgehead atoms. The minimum atomic E-state index is 0.842. The number of hydrogen-bond donors (Lipinski definition) is 0. The molecule has 4 heteroatoms. The SMILES string of the molecule is c1ccc(-c2c3ccccc3c(-c3ccccc3)c3cc(-c4ccc(-n5nc6ccc(-c7cncc8ccccc78)cc6n5)cc4)ccc23)cc1. The highest BCUT2D eigenvalue weighted by Crippen LogP contribution is 2.44. The lowest BCUT2D eigenvalue weighted by atomic mass is 9.85. The van der Waals surface area contributed by atoms with Gasteiger partial charge in [0.25, 0.3) is 0 Å². The lowest BCUT2D eigenvalue weighted by molar-refractivity contribution is 0.766. The van der Waals surface area contributed by atoms with Crippen LogP contribution in [0.4, 0.5) is 0 Å². The predicted molar refractivity (Wildman–Crippen MR) is 211 cm³/mol. The zero-order valence-electron chi connectivity index (χ0n) is 27.6. The summed E-state index contributed by atoms with van der Waals surface area (Å²) < 4.78 is 0. The number of nitrogens with zero attached hydrogens (tertiary/aromatic N) is 4. The quantitative estimate of drug-likeness (QED) is 0.174. The Morgan fingerprint density at radius 1 is 0.353 bits per heavy atom. The van der Waals surface area contributed by atoms with E-state index in [1.165, 1.54) is 49.2 Å². The van der Waals surface area contributed by atoms with Gasteiger partial charge in [0.2, 0.25) is 0 Å². The number of hydrogen-bond acceptors (Lipinski definition) is 3. The molecule has 8 aromatic carbocycles. The predicted octanol–water partition coefficient (Wildman–Crippen LogP) is 11.9. The van der Waals surface area contributed by atoms with Crippen LogP contribution in [0.5, 0.6) is 0 Å². The fourth-order valence-corrected chi connectivity index (χ4v) is 7.52. The highest BCUT2D eigenvalue weighted by atomic mass is 15.5. The lowest BCUT2D eigenvalue weighted by Gasteiger charge is -2.18. The smallest absolute Gasteiger partial charge is 0.114 e. The van der Waals surface area contributed by atoms with Crippen LogP contribution >= 0.6 is 0 Å². The van der Waals surface area contributed by atoms with Gasteiger partial charge in [-0.25, -0.2) is 0 Å². The monoisotopic (exact) mass is 650 g/mol. The summed E-state index contributed by atoms with van der Waals surface area (Å²) in [5.74, 6) is 0. The zero-order chi connectivity index (χ0) is 33.7. The van der Waals surface area contributed by atoms with Crippen LogP contribution in [0.25, 0.3) is 93.5 Å². The average Bonchev–Trinajstić information content (AvgIpc) is 3.64. The van der Waals surface area contributed by atoms with Gasteiger partial charge in [-0.1, -0.05) is 140 Å². The van der Waals surface area contributed by atoms with Gasteiger partial charge in [0.1, 0.15) is 11.0 Å². The van der Waals surface area contributed by atoms with E-state index in [0.717, 1.165) is 44.4 Å². The van der Waals surface area contributed by atoms with Crippen molar-refractivity contribution in [3.05, 3.63) is 182 Å². The van der Waals surface area contributed by atoms with Gasteiger partial charge in [0.05, 0.1) is 5.69 Å². The normalized spacial score (nSPS) is 11.5. The molecule has 0 saturated carbocycles. The van der Waals surface area contributed by atoms with E-state index in [9.17, 15) is 0 Å². The summed E-state index contributed by atoms with van der Waals surface area (Å²) in [7, 11) is 0. The molecule has 0 aliphatic heterocycles. The summed E-state index contributed by atoms with van der Waals surface area (Å²) in [5.41, 5.74) is 12.0. The first-order chi connectivity index (χ1) is 25.3. The lowest BCUT2D eigenvalue weighted by Crippen LogP contribution is -1.98. The molecule has 0 fully saturated rings. The van der Waals surface area contributed by atoms with Crippen molar-refractivity contribution in [1.82, 2.24) is 20.0 Å². The second-order valence-electron chi connectivity index (χ2n) is 12.9. The van der Waals surface area contributed by atoms with Crippen LogP contribution in [-0.4, -0.2) is 20.0 Å². The first-order valence-electron chi connectivity index (χ1n) is 17.2. The minimum Gasteiger partial charge on any atom is -0.263 e. The Kier molecular flexibility index (Phi) is 6.78. The van der Waals surface area contributed by atoms with E-state index in [-0.39, 0.29) is 0 Å². The van der Waals surface area contributed by atoms with Crippen LogP contribution in [0, 0.1) is 0 Å². The maximum Gasteiger partial charge on any atom is 0.114 e. The van der Waals surface area contributed by atoms with Gasteiger partial charge in [-0.2, -0.15) is 4.80 Å². The summed E-state index contributed by atoms with van der Waals surface area (Å²) >= 11 is 0. The molecule has 10 rings (SSSR count). The Morgan fingerprint density at radius 2 is 0.922 bits per heavy atom. The third-order valence-electron chi connectivity index (χ3n) is 9.94. The van der Waals surface area contributed by atoms with Gasteiger partial charge in [0.15, 0.2) is 0 Å². The van der Waals surface area contributed by atoms with Gasteiger partial charge < -0.3 is 0 Å². The number of fused-ring (bicyclic) bond motifs is 4. The summed E-state index contributed by atoms with van der Waals surface area (Å²) in [6.07, 6.45) is 3.83. The molecule has 0 aliphatic rings. The molecular weight excluding hydrogens is 621 g/mol. The summed E-state index contributed by atoms with van der Waals surface area (Å²) in [5, 5.41) is 17.0. The Labute approximate surface area is 294 Å². The zero-order valence-corrected chi connectivity index (χ0v) is 27.6. The van der Waals surface area contributed by atoms with Crippen molar-refractivity contribution in [1.29, 1.82) is 0 Å². The van der Waals surface area contributed by atoms with Crippen LogP contribution in [0.3, 0.4) is 0 Å². The van der Waals surface area contributed by atoms with E-state index in [4.69, 9.17) is 10.2 Å². The molecule has 2 aromatic heterocycles. The molecule has 10 aromatic rings. The fourth-order valence-electron chi connectivity index (χ4n) is 7.52. The second-order valence-corrected chi connectivity index (χ2v) is 12.9. The van der Waals surface area contributed by atoms with Crippen molar-refractivity contribution in [3.8, 4) is 50.2 Å². The van der Waals surface area contributed by atoms with Gasteiger partial charge in [-0.15, -0.1) is 10.2 Å². The van der Waals surface area contributed by atoms with Gasteiger partial charge in [-0.05, 0) is 96.2 Å². The molecule has 2 heterocycles. The molecule has 0 N–H and O–H groups in total. The average molecular weight is 651 g/mol. The van der Waals surface area contributed by atoms with E-state index in [0.29, 0.717) is 0 Å². The molecule has 0 spiro atoms.